The molecule has 1 aliphatic rings. The Labute approximate surface area is 150 Å². The molecule has 1 unspecified atom stereocenters. The lowest BCUT2D eigenvalue weighted by Crippen LogP contribution is -2.48. The molecule has 1 fully saturated rings. The summed E-state index contributed by atoms with van der Waals surface area (Å²) in [6.45, 7) is 7.76. The highest BCUT2D eigenvalue weighted by molar-refractivity contribution is 5.81. The van der Waals surface area contributed by atoms with E-state index < -0.39 is 0 Å². The van der Waals surface area contributed by atoms with E-state index in [1.165, 1.54) is 0 Å². The highest BCUT2D eigenvalue weighted by Crippen LogP contribution is 2.18. The van der Waals surface area contributed by atoms with Crippen LogP contribution in [0.25, 0.3) is 0 Å². The molecular formula is C19H29N3O3. The molecule has 1 saturated heterocycles. The van der Waals surface area contributed by atoms with E-state index in [0.29, 0.717) is 26.3 Å². The number of ether oxygens (including phenoxy) is 2. The molecule has 1 aliphatic heterocycles. The third-order valence-electron chi connectivity index (χ3n) is 4.04. The Hall–Kier alpha value is -2.24. The minimum absolute atomic E-state index is 0.0712. The van der Waals surface area contributed by atoms with E-state index in [4.69, 9.17) is 9.47 Å². The molecule has 0 aromatic heterocycles. The SMILES string of the molecule is CCNC(=NCCOc1ccccc1)N1CCCC(C(=O)OCC)C1. The highest BCUT2D eigenvalue weighted by atomic mass is 16.5. The van der Waals surface area contributed by atoms with Crippen LogP contribution in [0, 0.1) is 5.92 Å². The summed E-state index contributed by atoms with van der Waals surface area (Å²) in [6.07, 6.45) is 1.85. The number of aliphatic imine (C=N–C) groups is 1. The van der Waals surface area contributed by atoms with E-state index in [2.05, 4.69) is 15.2 Å². The number of hydrogen-bond donors (Lipinski definition) is 1. The number of carbonyl (C=O) groups excluding carboxylic acids is 1. The van der Waals surface area contributed by atoms with Crippen molar-refractivity contribution in [2.45, 2.75) is 26.7 Å². The van der Waals surface area contributed by atoms with Gasteiger partial charge >= 0.3 is 5.97 Å². The van der Waals surface area contributed by atoms with Gasteiger partial charge in [0.15, 0.2) is 5.96 Å². The molecule has 1 aromatic rings. The Kier molecular flexibility index (Phi) is 8.09. The van der Waals surface area contributed by atoms with Crippen LogP contribution < -0.4 is 10.1 Å². The molecular weight excluding hydrogens is 318 g/mol. The molecule has 0 bridgehead atoms. The summed E-state index contributed by atoms with van der Waals surface area (Å²) in [5.74, 6) is 1.52. The lowest BCUT2D eigenvalue weighted by atomic mass is 9.98. The second-order valence-corrected chi connectivity index (χ2v) is 5.93. The number of hydrogen-bond acceptors (Lipinski definition) is 4. The Morgan fingerprint density at radius 3 is 2.84 bits per heavy atom. The fourth-order valence-electron chi connectivity index (χ4n) is 2.88. The molecule has 2 rings (SSSR count). The number of guanidine groups is 1. The summed E-state index contributed by atoms with van der Waals surface area (Å²) >= 11 is 0. The van der Waals surface area contributed by atoms with Crippen LogP contribution in [0.15, 0.2) is 35.3 Å². The van der Waals surface area contributed by atoms with Gasteiger partial charge in [0.05, 0.1) is 19.1 Å². The van der Waals surface area contributed by atoms with Gasteiger partial charge in [-0.15, -0.1) is 0 Å². The van der Waals surface area contributed by atoms with Gasteiger partial charge in [-0.1, -0.05) is 18.2 Å². The van der Waals surface area contributed by atoms with Crippen LogP contribution in [0.4, 0.5) is 0 Å². The highest BCUT2D eigenvalue weighted by Gasteiger charge is 2.28. The zero-order valence-corrected chi connectivity index (χ0v) is 15.2. The van der Waals surface area contributed by atoms with Crippen LogP contribution >= 0.6 is 0 Å². The third-order valence-corrected chi connectivity index (χ3v) is 4.04. The molecule has 0 aliphatic carbocycles. The van der Waals surface area contributed by atoms with Gasteiger partial charge in [0.1, 0.15) is 12.4 Å². The van der Waals surface area contributed by atoms with Gasteiger partial charge in [0.2, 0.25) is 0 Å². The number of nitrogens with zero attached hydrogens (tertiary/aromatic N) is 2. The summed E-state index contributed by atoms with van der Waals surface area (Å²) in [7, 11) is 0. The Balaban J connectivity index is 1.88. The summed E-state index contributed by atoms with van der Waals surface area (Å²) < 4.78 is 10.9. The number of likely N-dealkylation sites (tertiary alicyclic amines) is 1. The van der Waals surface area contributed by atoms with E-state index >= 15 is 0 Å². The molecule has 1 N–H and O–H groups in total. The van der Waals surface area contributed by atoms with Crippen LogP contribution in [0.1, 0.15) is 26.7 Å². The minimum atomic E-state index is -0.101. The zero-order valence-electron chi connectivity index (χ0n) is 15.2. The lowest BCUT2D eigenvalue weighted by molar-refractivity contribution is -0.149. The average Bonchev–Trinajstić information content (AvgIpc) is 2.65. The molecule has 25 heavy (non-hydrogen) atoms. The van der Waals surface area contributed by atoms with Gasteiger partial charge in [-0.2, -0.15) is 0 Å². The monoisotopic (exact) mass is 347 g/mol. The Morgan fingerprint density at radius 2 is 2.12 bits per heavy atom. The van der Waals surface area contributed by atoms with Crippen molar-refractivity contribution >= 4 is 11.9 Å². The second kappa shape index (κ2) is 10.6. The number of piperidine rings is 1. The Bertz CT molecular complexity index is 548. The quantitative estimate of drug-likeness (QED) is 0.355. The van der Waals surface area contributed by atoms with Crippen molar-refractivity contribution in [2.24, 2.45) is 10.9 Å². The topological polar surface area (TPSA) is 63.2 Å². The molecule has 1 heterocycles. The van der Waals surface area contributed by atoms with Gasteiger partial charge in [-0.25, -0.2) is 4.99 Å². The van der Waals surface area contributed by atoms with E-state index in [0.717, 1.165) is 37.6 Å². The Morgan fingerprint density at radius 1 is 1.32 bits per heavy atom. The number of benzene rings is 1. The van der Waals surface area contributed by atoms with E-state index in [-0.39, 0.29) is 11.9 Å². The van der Waals surface area contributed by atoms with E-state index in [1.54, 1.807) is 0 Å². The lowest BCUT2D eigenvalue weighted by Gasteiger charge is -2.34. The number of nitrogens with one attached hydrogen (secondary N) is 1. The first kappa shape index (κ1) is 19.1. The largest absolute Gasteiger partial charge is 0.492 e. The van der Waals surface area contributed by atoms with Crippen molar-refractivity contribution in [3.63, 3.8) is 0 Å². The molecule has 138 valence electrons. The van der Waals surface area contributed by atoms with E-state index in [1.807, 2.05) is 44.2 Å². The first-order chi connectivity index (χ1) is 12.2. The van der Waals surface area contributed by atoms with Crippen LogP contribution in [-0.2, 0) is 9.53 Å². The van der Waals surface area contributed by atoms with Crippen molar-refractivity contribution in [3.05, 3.63) is 30.3 Å². The third kappa shape index (κ3) is 6.29. The fraction of sp³-hybridized carbons (Fsp3) is 0.579. The van der Waals surface area contributed by atoms with Crippen LogP contribution in [0.3, 0.4) is 0 Å². The maximum Gasteiger partial charge on any atom is 0.310 e. The van der Waals surface area contributed by atoms with Crippen molar-refractivity contribution in [3.8, 4) is 5.75 Å². The minimum Gasteiger partial charge on any atom is -0.492 e. The van der Waals surface area contributed by atoms with Gasteiger partial charge in [0, 0.05) is 19.6 Å². The molecule has 1 atom stereocenters. The number of esters is 1. The van der Waals surface area contributed by atoms with Crippen molar-refractivity contribution in [1.29, 1.82) is 0 Å². The summed E-state index contributed by atoms with van der Waals surface area (Å²) in [5.41, 5.74) is 0. The maximum atomic E-state index is 12.0. The molecule has 0 radical (unpaired) electrons. The fourth-order valence-corrected chi connectivity index (χ4v) is 2.88. The average molecular weight is 347 g/mol. The molecule has 1 aromatic carbocycles. The molecule has 0 amide bonds. The zero-order chi connectivity index (χ0) is 17.9. The summed E-state index contributed by atoms with van der Waals surface area (Å²) in [5, 5.41) is 3.31. The van der Waals surface area contributed by atoms with Crippen LogP contribution in [0.2, 0.25) is 0 Å². The predicted octanol–water partition coefficient (Wildman–Crippen LogP) is 2.31. The standard InChI is InChI=1S/C19H29N3O3/c1-3-20-19(21-12-14-25-17-10-6-5-7-11-17)22-13-8-9-16(15-22)18(23)24-4-2/h5-7,10-11,16H,3-4,8-9,12-15H2,1-2H3,(H,20,21). The molecule has 0 spiro atoms. The number of para-hydroxylation sites is 1. The van der Waals surface area contributed by atoms with Gasteiger partial charge in [-0.3, -0.25) is 4.79 Å². The summed E-state index contributed by atoms with van der Waals surface area (Å²) in [4.78, 5) is 18.8. The van der Waals surface area contributed by atoms with Gasteiger partial charge in [0.25, 0.3) is 0 Å². The van der Waals surface area contributed by atoms with Crippen LogP contribution in [-0.4, -0.2) is 56.2 Å². The van der Waals surface area contributed by atoms with Crippen molar-refractivity contribution in [2.75, 3.05) is 39.4 Å². The van der Waals surface area contributed by atoms with E-state index in [9.17, 15) is 4.79 Å². The van der Waals surface area contributed by atoms with Crippen molar-refractivity contribution < 1.29 is 14.3 Å². The molecule has 0 saturated carbocycles. The predicted molar refractivity (Wildman–Crippen MR) is 98.8 cm³/mol. The maximum absolute atomic E-state index is 12.0. The van der Waals surface area contributed by atoms with Crippen LogP contribution in [0.5, 0.6) is 5.75 Å². The number of carbonyl (C=O) groups is 1. The smallest absolute Gasteiger partial charge is 0.310 e. The van der Waals surface area contributed by atoms with Gasteiger partial charge < -0.3 is 19.7 Å². The summed E-state index contributed by atoms with van der Waals surface area (Å²) in [6, 6.07) is 9.73. The molecule has 6 heteroatoms. The first-order valence-electron chi connectivity index (χ1n) is 9.12. The molecule has 6 nitrogen and oxygen atoms in total. The van der Waals surface area contributed by atoms with Crippen molar-refractivity contribution in [1.82, 2.24) is 10.2 Å². The second-order valence-electron chi connectivity index (χ2n) is 5.93. The normalized spacial score (nSPS) is 17.9. The number of rotatable bonds is 7. The first-order valence-corrected chi connectivity index (χ1v) is 9.12. The van der Waals surface area contributed by atoms with Gasteiger partial charge in [-0.05, 0) is 38.8 Å².